The molecule has 0 amide bonds. The molecular weight excluding hydrogens is 533 g/mol. The Balaban J connectivity index is 0.00000148. The average Bonchev–Trinajstić information content (AvgIpc) is 3.09. The average molecular weight is 562 g/mol. The van der Waals surface area contributed by atoms with Crippen molar-refractivity contribution in [1.82, 2.24) is 4.98 Å². The summed E-state index contributed by atoms with van der Waals surface area (Å²) in [6.07, 6.45) is 11.2. The Hall–Kier alpha value is -2.35. The second-order valence-corrected chi connectivity index (χ2v) is 6.35. The molecule has 29 heavy (non-hydrogen) atoms. The summed E-state index contributed by atoms with van der Waals surface area (Å²) in [5.74, 6) is 0. The van der Waals surface area contributed by atoms with E-state index in [2.05, 4.69) is 82.2 Å². The second kappa shape index (κ2) is 13.0. The van der Waals surface area contributed by atoms with Crippen LogP contribution in [0.1, 0.15) is 49.8 Å². The molecule has 0 unspecified atom stereocenters. The minimum atomic E-state index is 0. The van der Waals surface area contributed by atoms with Gasteiger partial charge < -0.3 is 17.0 Å². The van der Waals surface area contributed by atoms with Crippen molar-refractivity contribution in [3.8, 4) is 11.3 Å². The Morgan fingerprint density at radius 2 is 1.83 bits per heavy atom. The van der Waals surface area contributed by atoms with E-state index >= 15 is 0 Å². The van der Waals surface area contributed by atoms with Crippen LogP contribution in [0.2, 0.25) is 0 Å². The van der Waals surface area contributed by atoms with E-state index < -0.39 is 0 Å². The standard InChI is InChI=1S/C23H24N.C2H3.CH2N.Ir/c1-5-9-20-16-19-15-18(22-14-17(6-2)12-13-24-22)10-11-21(19)23(20,7-3)8-4;2*1-2;/h5-6,11-16H,1-2,7-9H2,3-4H3;1H,2H2;1H2;/q3*-1;+3. The molecule has 2 aromatic rings. The number of hydrogen-bond donors (Lipinski definition) is 0. The third-order valence-corrected chi connectivity index (χ3v) is 5.31. The third-order valence-electron chi connectivity index (χ3n) is 5.31. The largest absolute Gasteiger partial charge is 3.00 e. The van der Waals surface area contributed by atoms with Crippen LogP contribution in [0.4, 0.5) is 0 Å². The molecule has 1 aliphatic rings. The van der Waals surface area contributed by atoms with Crippen LogP contribution < -0.4 is 0 Å². The molecular formula is C26H29IrN2. The van der Waals surface area contributed by atoms with Crippen LogP contribution in [0.15, 0.2) is 61.8 Å². The topological polar surface area (TPSA) is 35.2 Å². The first-order valence-electron chi connectivity index (χ1n) is 9.38. The zero-order valence-electron chi connectivity index (χ0n) is 17.4. The molecule has 0 radical (unpaired) electrons. The molecule has 1 heterocycles. The maximum absolute atomic E-state index is 6.75. The first kappa shape index (κ1) is 26.6. The van der Waals surface area contributed by atoms with Gasteiger partial charge in [0.1, 0.15) is 0 Å². The molecule has 1 aromatic carbocycles. The number of allylic oxidation sites excluding steroid dienone is 2. The molecule has 2 nitrogen and oxygen atoms in total. The fraction of sp³-hybridized carbons (Fsp3) is 0.231. The fourth-order valence-corrected chi connectivity index (χ4v) is 3.90. The number of nitrogens with zero attached hydrogens (tertiary/aromatic N) is 2. The van der Waals surface area contributed by atoms with Gasteiger partial charge in [-0.2, -0.15) is 0 Å². The second-order valence-electron chi connectivity index (χ2n) is 6.35. The first-order valence-corrected chi connectivity index (χ1v) is 9.38. The number of fused-ring (bicyclic) bond motifs is 1. The molecule has 0 fully saturated rings. The summed E-state index contributed by atoms with van der Waals surface area (Å²) in [7, 11) is 0. The van der Waals surface area contributed by atoms with Crippen molar-refractivity contribution < 1.29 is 20.1 Å². The Morgan fingerprint density at radius 3 is 2.38 bits per heavy atom. The summed E-state index contributed by atoms with van der Waals surface area (Å²) in [4.78, 5) is 4.50. The van der Waals surface area contributed by atoms with E-state index in [1.54, 1.807) is 0 Å². The quantitative estimate of drug-likeness (QED) is 0.211. The van der Waals surface area contributed by atoms with Gasteiger partial charge in [0.25, 0.3) is 0 Å². The molecule has 3 rings (SSSR count). The molecule has 1 aliphatic carbocycles. The fourth-order valence-electron chi connectivity index (χ4n) is 3.90. The number of hydrogen-bond acceptors (Lipinski definition) is 1. The van der Waals surface area contributed by atoms with Gasteiger partial charge in [0.05, 0.1) is 0 Å². The van der Waals surface area contributed by atoms with E-state index in [9.17, 15) is 0 Å². The number of pyridine rings is 1. The van der Waals surface area contributed by atoms with Gasteiger partial charge in [0.15, 0.2) is 0 Å². The van der Waals surface area contributed by atoms with E-state index in [0.717, 1.165) is 36.1 Å². The molecule has 0 spiro atoms. The number of benzene rings is 1. The van der Waals surface area contributed by atoms with Gasteiger partial charge in [-0.05, 0) is 29.2 Å². The Labute approximate surface area is 190 Å². The van der Waals surface area contributed by atoms with Crippen molar-refractivity contribution in [2.45, 2.75) is 38.5 Å². The van der Waals surface area contributed by atoms with E-state index in [0.29, 0.717) is 0 Å². The smallest absolute Gasteiger partial charge is 0.817 e. The minimum absolute atomic E-state index is 0. The Bertz CT molecular complexity index is 846. The maximum atomic E-state index is 6.75. The summed E-state index contributed by atoms with van der Waals surface area (Å²) in [5, 5.41) is 6.75. The van der Waals surface area contributed by atoms with E-state index in [4.69, 9.17) is 5.41 Å². The normalized spacial score (nSPS) is 12.6. The third kappa shape index (κ3) is 5.38. The zero-order chi connectivity index (χ0) is 21.2. The van der Waals surface area contributed by atoms with Gasteiger partial charge >= 0.3 is 20.1 Å². The summed E-state index contributed by atoms with van der Waals surface area (Å²) >= 11 is 0. The van der Waals surface area contributed by atoms with Crippen LogP contribution >= 0.6 is 0 Å². The van der Waals surface area contributed by atoms with Crippen LogP contribution in [0, 0.1) is 12.6 Å². The summed E-state index contributed by atoms with van der Waals surface area (Å²) in [5.41, 5.74) is 7.36. The van der Waals surface area contributed by atoms with Gasteiger partial charge in [-0.1, -0.05) is 63.1 Å². The summed E-state index contributed by atoms with van der Waals surface area (Å²) < 4.78 is 0. The molecule has 1 aromatic heterocycles. The number of aromatic nitrogens is 1. The van der Waals surface area contributed by atoms with Gasteiger partial charge in [-0.3, -0.25) is 6.58 Å². The van der Waals surface area contributed by atoms with E-state index in [-0.39, 0.29) is 25.5 Å². The molecule has 0 N–H and O–H groups in total. The SMILES string of the molecule is C=CCC1=Cc2cc(-c3cc(C=C)ccn3)[c-]cc2C1(CC)CC.C=[N-].[CH-]=C.[Ir+3]. The van der Waals surface area contributed by atoms with Crippen molar-refractivity contribution in [1.29, 1.82) is 0 Å². The predicted molar refractivity (Wildman–Crippen MR) is 124 cm³/mol. The van der Waals surface area contributed by atoms with Crippen molar-refractivity contribution in [2.75, 3.05) is 0 Å². The van der Waals surface area contributed by atoms with Crippen molar-refractivity contribution >= 4 is 18.9 Å². The first-order chi connectivity index (χ1) is 13.7. The maximum Gasteiger partial charge on any atom is 3.00 e. The summed E-state index contributed by atoms with van der Waals surface area (Å²) in [6.45, 7) is 21.6. The van der Waals surface area contributed by atoms with Crippen LogP contribution in [-0.2, 0) is 25.5 Å². The molecule has 3 heteroatoms. The zero-order valence-corrected chi connectivity index (χ0v) is 19.8. The van der Waals surface area contributed by atoms with Crippen LogP contribution in [0.25, 0.3) is 28.8 Å². The van der Waals surface area contributed by atoms with Crippen molar-refractivity contribution in [3.63, 3.8) is 0 Å². The molecule has 0 bridgehead atoms. The minimum Gasteiger partial charge on any atom is -0.817 e. The molecule has 0 saturated heterocycles. The van der Waals surface area contributed by atoms with Crippen LogP contribution in [-0.4, -0.2) is 11.7 Å². The number of rotatable bonds is 6. The summed E-state index contributed by atoms with van der Waals surface area (Å²) in [6, 6.07) is 11.9. The van der Waals surface area contributed by atoms with E-state index in [1.165, 1.54) is 16.7 Å². The van der Waals surface area contributed by atoms with Crippen molar-refractivity contribution in [2.24, 2.45) is 0 Å². The molecule has 0 atom stereocenters. The molecule has 152 valence electrons. The van der Waals surface area contributed by atoms with Gasteiger partial charge in [-0.15, -0.1) is 41.5 Å². The van der Waals surface area contributed by atoms with E-state index in [1.807, 2.05) is 24.4 Å². The van der Waals surface area contributed by atoms with Crippen LogP contribution in [0.5, 0.6) is 0 Å². The van der Waals surface area contributed by atoms with Gasteiger partial charge in [0.2, 0.25) is 0 Å². The Morgan fingerprint density at radius 1 is 1.17 bits per heavy atom. The van der Waals surface area contributed by atoms with Crippen LogP contribution in [0.3, 0.4) is 0 Å². The predicted octanol–water partition coefficient (Wildman–Crippen LogP) is 7.08. The monoisotopic (exact) mass is 562 g/mol. The Kier molecular flexibility index (Phi) is 11.9. The molecule has 0 aliphatic heterocycles. The van der Waals surface area contributed by atoms with Crippen molar-refractivity contribution in [3.05, 3.63) is 96.6 Å². The van der Waals surface area contributed by atoms with Gasteiger partial charge in [0, 0.05) is 6.20 Å². The van der Waals surface area contributed by atoms with Gasteiger partial charge in [-0.25, -0.2) is 6.72 Å². The molecule has 0 saturated carbocycles.